The van der Waals surface area contributed by atoms with E-state index < -0.39 is 6.04 Å². The molecule has 3 heterocycles. The summed E-state index contributed by atoms with van der Waals surface area (Å²) in [6.45, 7) is 2.53. The number of hydrogen-bond donors (Lipinski definition) is 0. The highest BCUT2D eigenvalue weighted by Gasteiger charge is 2.32. The SMILES string of the molecule is COC(=O)C(c1ccc(F)cc1)N1CCN(c2ncnc3c2oc2ccccc23)CC1. The van der Waals surface area contributed by atoms with Crippen molar-refractivity contribution in [3.63, 3.8) is 0 Å². The van der Waals surface area contributed by atoms with Gasteiger partial charge in [-0.3, -0.25) is 4.90 Å². The predicted octanol–water partition coefficient (Wildman–Crippen LogP) is 3.55. The maximum Gasteiger partial charge on any atom is 0.327 e. The van der Waals surface area contributed by atoms with Crippen LogP contribution in [0.25, 0.3) is 22.1 Å². The van der Waals surface area contributed by atoms with Crippen molar-refractivity contribution < 1.29 is 18.3 Å². The van der Waals surface area contributed by atoms with Gasteiger partial charge in [0.2, 0.25) is 0 Å². The second kappa shape index (κ2) is 7.96. The van der Waals surface area contributed by atoms with Crippen LogP contribution in [0, 0.1) is 5.82 Å². The first kappa shape index (κ1) is 19.4. The standard InChI is InChI=1S/C23H21FN4O3/c1-30-23(29)20(15-6-8-16(24)9-7-15)27-10-12-28(13-11-27)22-21-19(25-14-26-22)17-4-2-3-5-18(17)31-21/h2-9,14,20H,10-13H2,1H3. The lowest BCUT2D eigenvalue weighted by atomic mass is 10.0. The first-order valence-electron chi connectivity index (χ1n) is 10.1. The first-order chi connectivity index (χ1) is 15.2. The van der Waals surface area contributed by atoms with Crippen LogP contribution in [0.15, 0.2) is 59.3 Å². The van der Waals surface area contributed by atoms with E-state index in [1.54, 1.807) is 18.5 Å². The zero-order valence-electron chi connectivity index (χ0n) is 17.0. The molecule has 1 saturated heterocycles. The number of hydrogen-bond acceptors (Lipinski definition) is 7. The largest absolute Gasteiger partial charge is 0.468 e. The maximum atomic E-state index is 13.4. The summed E-state index contributed by atoms with van der Waals surface area (Å²) < 4.78 is 24.4. The first-order valence-corrected chi connectivity index (χ1v) is 10.1. The summed E-state index contributed by atoms with van der Waals surface area (Å²) in [6, 6.07) is 13.2. The Morgan fingerprint density at radius 1 is 1.06 bits per heavy atom. The molecule has 1 unspecified atom stereocenters. The van der Waals surface area contributed by atoms with Gasteiger partial charge >= 0.3 is 5.97 Å². The normalized spacial score (nSPS) is 16.0. The summed E-state index contributed by atoms with van der Waals surface area (Å²) in [5.41, 5.74) is 2.95. The third kappa shape index (κ3) is 3.48. The topological polar surface area (TPSA) is 71.7 Å². The fraction of sp³-hybridized carbons (Fsp3) is 0.261. The highest BCUT2D eigenvalue weighted by molar-refractivity contribution is 6.05. The van der Waals surface area contributed by atoms with Gasteiger partial charge in [0.1, 0.15) is 29.3 Å². The molecule has 0 spiro atoms. The Bertz CT molecular complexity index is 1230. The molecule has 8 heteroatoms. The van der Waals surface area contributed by atoms with Gasteiger partial charge in [0.05, 0.1) is 7.11 Å². The monoisotopic (exact) mass is 420 g/mol. The van der Waals surface area contributed by atoms with Gasteiger partial charge in [0, 0.05) is 31.6 Å². The quantitative estimate of drug-likeness (QED) is 0.468. The molecule has 158 valence electrons. The van der Waals surface area contributed by atoms with Gasteiger partial charge in [-0.1, -0.05) is 24.3 Å². The average molecular weight is 420 g/mol. The Kier molecular flexibility index (Phi) is 4.99. The molecule has 1 aliphatic rings. The van der Waals surface area contributed by atoms with Crippen LogP contribution in [-0.2, 0) is 9.53 Å². The number of halogens is 1. The lowest BCUT2D eigenvalue weighted by molar-refractivity contribution is -0.147. The van der Waals surface area contributed by atoms with Crippen LogP contribution in [0.2, 0.25) is 0 Å². The number of para-hydroxylation sites is 1. The molecule has 2 aromatic heterocycles. The fourth-order valence-electron chi connectivity index (χ4n) is 4.18. The molecule has 1 aliphatic heterocycles. The van der Waals surface area contributed by atoms with Gasteiger partial charge in [0.25, 0.3) is 0 Å². The Labute approximate surface area is 178 Å². The summed E-state index contributed by atoms with van der Waals surface area (Å²) >= 11 is 0. The Morgan fingerprint density at radius 3 is 2.55 bits per heavy atom. The summed E-state index contributed by atoms with van der Waals surface area (Å²) in [4.78, 5) is 25.6. The second-order valence-corrected chi connectivity index (χ2v) is 7.47. The van der Waals surface area contributed by atoms with E-state index in [0.717, 1.165) is 22.3 Å². The van der Waals surface area contributed by atoms with Crippen LogP contribution < -0.4 is 4.90 Å². The summed E-state index contributed by atoms with van der Waals surface area (Å²) in [7, 11) is 1.37. The average Bonchev–Trinajstić information content (AvgIpc) is 3.20. The van der Waals surface area contributed by atoms with E-state index in [-0.39, 0.29) is 11.8 Å². The number of benzene rings is 2. The molecular formula is C23H21FN4O3. The lowest BCUT2D eigenvalue weighted by Crippen LogP contribution is -2.49. The van der Waals surface area contributed by atoms with E-state index in [1.807, 2.05) is 29.2 Å². The molecule has 0 amide bonds. The number of fused-ring (bicyclic) bond motifs is 3. The van der Waals surface area contributed by atoms with Gasteiger partial charge in [-0.25, -0.2) is 19.2 Å². The number of ether oxygens (including phenoxy) is 1. The number of methoxy groups -OCH3 is 1. The van der Waals surface area contributed by atoms with Gasteiger partial charge in [0.15, 0.2) is 11.4 Å². The number of carbonyl (C=O) groups excluding carboxylic acids is 1. The zero-order valence-corrected chi connectivity index (χ0v) is 17.0. The Morgan fingerprint density at radius 2 is 1.81 bits per heavy atom. The molecule has 0 radical (unpaired) electrons. The smallest absolute Gasteiger partial charge is 0.327 e. The molecule has 0 aliphatic carbocycles. The number of rotatable bonds is 4. The molecule has 0 saturated carbocycles. The number of anilines is 1. The molecule has 5 rings (SSSR count). The molecule has 7 nitrogen and oxygen atoms in total. The highest BCUT2D eigenvalue weighted by atomic mass is 19.1. The van der Waals surface area contributed by atoms with Crippen LogP contribution in [0.5, 0.6) is 0 Å². The molecule has 1 fully saturated rings. The van der Waals surface area contributed by atoms with E-state index in [1.165, 1.54) is 19.2 Å². The minimum Gasteiger partial charge on any atom is -0.468 e. The van der Waals surface area contributed by atoms with Gasteiger partial charge in [-0.15, -0.1) is 0 Å². The number of furan rings is 1. The summed E-state index contributed by atoms with van der Waals surface area (Å²) in [6.07, 6.45) is 1.56. The number of piperazine rings is 1. The van der Waals surface area contributed by atoms with E-state index in [4.69, 9.17) is 9.15 Å². The molecule has 2 aromatic carbocycles. The number of esters is 1. The van der Waals surface area contributed by atoms with Gasteiger partial charge in [-0.2, -0.15) is 0 Å². The third-order valence-electron chi connectivity index (χ3n) is 5.73. The van der Waals surface area contributed by atoms with Crippen LogP contribution in [-0.4, -0.2) is 54.1 Å². The third-order valence-corrected chi connectivity index (χ3v) is 5.73. The van der Waals surface area contributed by atoms with Crippen LogP contribution in [0.1, 0.15) is 11.6 Å². The molecular weight excluding hydrogens is 399 g/mol. The Hall–Kier alpha value is -3.52. The predicted molar refractivity (Wildman–Crippen MR) is 114 cm³/mol. The van der Waals surface area contributed by atoms with Crippen molar-refractivity contribution in [1.29, 1.82) is 0 Å². The Balaban J connectivity index is 1.40. The zero-order chi connectivity index (χ0) is 21.4. The molecule has 0 bridgehead atoms. The van der Waals surface area contributed by atoms with Crippen molar-refractivity contribution in [1.82, 2.24) is 14.9 Å². The van der Waals surface area contributed by atoms with Crippen LogP contribution >= 0.6 is 0 Å². The number of carbonyl (C=O) groups is 1. The molecule has 1 atom stereocenters. The summed E-state index contributed by atoms with van der Waals surface area (Å²) in [5.74, 6) is 0.0508. The van der Waals surface area contributed by atoms with E-state index in [9.17, 15) is 9.18 Å². The van der Waals surface area contributed by atoms with Gasteiger partial charge < -0.3 is 14.1 Å². The number of aromatic nitrogens is 2. The molecule has 31 heavy (non-hydrogen) atoms. The van der Waals surface area contributed by atoms with Crippen molar-refractivity contribution in [2.45, 2.75) is 6.04 Å². The van der Waals surface area contributed by atoms with Crippen molar-refractivity contribution in [3.05, 3.63) is 66.2 Å². The van der Waals surface area contributed by atoms with E-state index in [0.29, 0.717) is 37.3 Å². The molecule has 4 aromatic rings. The fourth-order valence-corrected chi connectivity index (χ4v) is 4.18. The van der Waals surface area contributed by atoms with E-state index in [2.05, 4.69) is 14.9 Å². The van der Waals surface area contributed by atoms with Crippen LogP contribution in [0.4, 0.5) is 10.2 Å². The minimum absolute atomic E-state index is 0.337. The maximum absolute atomic E-state index is 13.4. The lowest BCUT2D eigenvalue weighted by Gasteiger charge is -2.38. The minimum atomic E-state index is -0.579. The molecule has 0 N–H and O–H groups in total. The second-order valence-electron chi connectivity index (χ2n) is 7.47. The summed E-state index contributed by atoms with van der Waals surface area (Å²) in [5, 5.41) is 0.960. The highest BCUT2D eigenvalue weighted by Crippen LogP contribution is 2.33. The van der Waals surface area contributed by atoms with Crippen molar-refractivity contribution in [2.24, 2.45) is 0 Å². The van der Waals surface area contributed by atoms with Gasteiger partial charge in [-0.05, 0) is 29.8 Å². The van der Waals surface area contributed by atoms with Crippen LogP contribution in [0.3, 0.4) is 0 Å². The van der Waals surface area contributed by atoms with Crippen molar-refractivity contribution >= 4 is 33.9 Å². The van der Waals surface area contributed by atoms with Crippen molar-refractivity contribution in [2.75, 3.05) is 38.2 Å². The van der Waals surface area contributed by atoms with E-state index >= 15 is 0 Å². The number of nitrogens with zero attached hydrogens (tertiary/aromatic N) is 4. The van der Waals surface area contributed by atoms with Crippen molar-refractivity contribution in [3.8, 4) is 0 Å².